The summed E-state index contributed by atoms with van der Waals surface area (Å²) in [6, 6.07) is 8.52. The van der Waals surface area contributed by atoms with E-state index in [9.17, 15) is 26.4 Å². The molecule has 1 aliphatic rings. The maximum atomic E-state index is 13.1. The molecule has 2 aromatic carbocycles. The predicted octanol–water partition coefficient (Wildman–Crippen LogP) is 4.15. The summed E-state index contributed by atoms with van der Waals surface area (Å²) in [5, 5.41) is 2.53. The highest BCUT2D eigenvalue weighted by Crippen LogP contribution is 2.35. The van der Waals surface area contributed by atoms with Crippen LogP contribution in [-0.2, 0) is 16.2 Å². The molecule has 0 radical (unpaired) electrons. The van der Waals surface area contributed by atoms with Crippen molar-refractivity contribution in [2.75, 3.05) is 21.9 Å². The first-order chi connectivity index (χ1) is 12.6. The van der Waals surface area contributed by atoms with Gasteiger partial charge in [0.25, 0.3) is 5.91 Å². The number of sulfonamides is 1. The van der Waals surface area contributed by atoms with Gasteiger partial charge >= 0.3 is 6.18 Å². The van der Waals surface area contributed by atoms with Crippen LogP contribution in [0.25, 0.3) is 0 Å². The minimum absolute atomic E-state index is 0.0150. The number of nitrogens with zero attached hydrogens (tertiary/aromatic N) is 1. The molecule has 5 nitrogen and oxygen atoms in total. The molecule has 0 saturated carbocycles. The predicted molar refractivity (Wildman–Crippen MR) is 96.6 cm³/mol. The molecule has 1 amide bonds. The molecule has 27 heavy (non-hydrogen) atoms. The zero-order valence-corrected chi connectivity index (χ0v) is 15.3. The van der Waals surface area contributed by atoms with E-state index >= 15 is 0 Å². The van der Waals surface area contributed by atoms with Crippen LogP contribution < -0.4 is 9.62 Å². The number of halogens is 4. The quantitative estimate of drug-likeness (QED) is 0.814. The first kappa shape index (κ1) is 19.5. The second-order valence-electron chi connectivity index (χ2n) is 5.91. The average Bonchev–Trinajstić information content (AvgIpc) is 2.95. The summed E-state index contributed by atoms with van der Waals surface area (Å²) >= 11 is 6.07. The molecule has 10 heteroatoms. The number of alkyl halides is 3. The van der Waals surface area contributed by atoms with Gasteiger partial charge in [0.1, 0.15) is 0 Å². The zero-order chi connectivity index (χ0) is 19.8. The minimum Gasteiger partial charge on any atom is -0.322 e. The van der Waals surface area contributed by atoms with Crippen molar-refractivity contribution < 1.29 is 26.4 Å². The maximum Gasteiger partial charge on any atom is 0.417 e. The fraction of sp³-hybridized carbons (Fsp3) is 0.235. The van der Waals surface area contributed by atoms with E-state index in [4.69, 9.17) is 11.6 Å². The number of carbonyl (C=O) groups excluding carboxylic acids is 1. The van der Waals surface area contributed by atoms with Gasteiger partial charge in [-0.15, -0.1) is 0 Å². The van der Waals surface area contributed by atoms with Crippen molar-refractivity contribution in [3.8, 4) is 0 Å². The lowest BCUT2D eigenvalue weighted by atomic mass is 10.1. The molecule has 1 fully saturated rings. The third-order valence-corrected chi connectivity index (χ3v) is 6.22. The van der Waals surface area contributed by atoms with Crippen LogP contribution in [0.4, 0.5) is 24.5 Å². The molecule has 1 saturated heterocycles. The van der Waals surface area contributed by atoms with E-state index in [0.29, 0.717) is 6.42 Å². The Bertz CT molecular complexity index is 993. The summed E-state index contributed by atoms with van der Waals surface area (Å²) in [5.41, 5.74) is -1.27. The van der Waals surface area contributed by atoms with Gasteiger partial charge in [-0.1, -0.05) is 23.7 Å². The number of carbonyl (C=O) groups is 1. The van der Waals surface area contributed by atoms with E-state index in [1.54, 1.807) is 0 Å². The van der Waals surface area contributed by atoms with Crippen molar-refractivity contribution in [3.05, 3.63) is 58.6 Å². The van der Waals surface area contributed by atoms with Crippen LogP contribution in [0.2, 0.25) is 5.02 Å². The standard InChI is InChI=1S/C17H14ClF3N2O3S/c18-14-7-6-11(10-15(14)23-8-3-9-27(23,25)26)22-16(24)12-4-1-2-5-13(12)17(19,20)21/h1-2,4-7,10H,3,8-9H2,(H,22,24). The first-order valence-electron chi connectivity index (χ1n) is 7.87. The smallest absolute Gasteiger partial charge is 0.322 e. The number of anilines is 2. The van der Waals surface area contributed by atoms with Crippen molar-refractivity contribution in [2.24, 2.45) is 0 Å². The molecule has 3 rings (SSSR count). The number of nitrogens with one attached hydrogen (secondary N) is 1. The van der Waals surface area contributed by atoms with Crippen LogP contribution in [-0.4, -0.2) is 26.6 Å². The molecule has 0 bridgehead atoms. The molecule has 0 spiro atoms. The van der Waals surface area contributed by atoms with Gasteiger partial charge in [0, 0.05) is 12.2 Å². The van der Waals surface area contributed by atoms with E-state index < -0.39 is 33.2 Å². The Morgan fingerprint density at radius 3 is 2.48 bits per heavy atom. The largest absolute Gasteiger partial charge is 0.417 e. The maximum absolute atomic E-state index is 13.1. The van der Waals surface area contributed by atoms with Gasteiger partial charge in [0.2, 0.25) is 10.0 Å². The minimum atomic E-state index is -4.68. The third kappa shape index (κ3) is 4.03. The van der Waals surface area contributed by atoms with E-state index in [-0.39, 0.29) is 28.7 Å². The van der Waals surface area contributed by atoms with Gasteiger partial charge in [-0.3, -0.25) is 9.10 Å². The average molecular weight is 419 g/mol. The van der Waals surface area contributed by atoms with E-state index in [2.05, 4.69) is 5.32 Å². The van der Waals surface area contributed by atoms with Gasteiger partial charge in [0.05, 0.1) is 27.6 Å². The zero-order valence-electron chi connectivity index (χ0n) is 13.8. The van der Waals surface area contributed by atoms with Crippen molar-refractivity contribution in [2.45, 2.75) is 12.6 Å². The highest BCUT2D eigenvalue weighted by atomic mass is 35.5. The van der Waals surface area contributed by atoms with Crippen LogP contribution in [0, 0.1) is 0 Å². The third-order valence-electron chi connectivity index (χ3n) is 4.05. The lowest BCUT2D eigenvalue weighted by Crippen LogP contribution is -2.25. The van der Waals surface area contributed by atoms with Crippen molar-refractivity contribution >= 4 is 38.9 Å². The number of hydrogen-bond acceptors (Lipinski definition) is 3. The lowest BCUT2D eigenvalue weighted by Gasteiger charge is -2.19. The molecule has 1 N–H and O–H groups in total. The molecule has 0 unspecified atom stereocenters. The molecule has 0 aromatic heterocycles. The van der Waals surface area contributed by atoms with Crippen molar-refractivity contribution in [3.63, 3.8) is 0 Å². The van der Waals surface area contributed by atoms with Gasteiger partial charge in [-0.05, 0) is 36.8 Å². The number of rotatable bonds is 3. The van der Waals surface area contributed by atoms with Gasteiger partial charge < -0.3 is 5.32 Å². The summed E-state index contributed by atoms with van der Waals surface area (Å²) in [5.74, 6) is -0.973. The van der Waals surface area contributed by atoms with E-state index in [1.807, 2.05) is 0 Å². The summed E-state index contributed by atoms with van der Waals surface area (Å²) in [6.45, 7) is 0.246. The Balaban J connectivity index is 1.92. The Kier molecular flexibility index (Phi) is 5.09. The second kappa shape index (κ2) is 7.05. The van der Waals surface area contributed by atoms with Crippen LogP contribution >= 0.6 is 11.6 Å². The molecule has 0 aliphatic carbocycles. The normalized spacial score (nSPS) is 16.4. The fourth-order valence-electron chi connectivity index (χ4n) is 2.82. The Hall–Kier alpha value is -2.26. The summed E-state index contributed by atoms with van der Waals surface area (Å²) in [4.78, 5) is 12.4. The molecule has 2 aromatic rings. The van der Waals surface area contributed by atoms with Crippen LogP contribution in [0.1, 0.15) is 22.3 Å². The van der Waals surface area contributed by atoms with Gasteiger partial charge in [-0.25, -0.2) is 8.42 Å². The number of benzene rings is 2. The van der Waals surface area contributed by atoms with Gasteiger partial charge in [0.15, 0.2) is 0 Å². The Morgan fingerprint density at radius 2 is 1.85 bits per heavy atom. The fourth-order valence-corrected chi connectivity index (χ4v) is 4.66. The second-order valence-corrected chi connectivity index (χ2v) is 8.33. The lowest BCUT2D eigenvalue weighted by molar-refractivity contribution is -0.137. The van der Waals surface area contributed by atoms with Crippen LogP contribution in [0.15, 0.2) is 42.5 Å². The Morgan fingerprint density at radius 1 is 1.15 bits per heavy atom. The monoisotopic (exact) mass is 418 g/mol. The molecule has 144 valence electrons. The SMILES string of the molecule is O=C(Nc1ccc(Cl)c(N2CCCS2(=O)=O)c1)c1ccccc1C(F)(F)F. The Labute approximate surface area is 158 Å². The molecule has 1 aliphatic heterocycles. The molecular formula is C17H14ClF3N2O3S. The summed E-state index contributed by atoms with van der Waals surface area (Å²) in [7, 11) is -3.50. The van der Waals surface area contributed by atoms with Crippen molar-refractivity contribution in [1.29, 1.82) is 0 Å². The van der Waals surface area contributed by atoms with Crippen LogP contribution in [0.3, 0.4) is 0 Å². The highest BCUT2D eigenvalue weighted by Gasteiger charge is 2.35. The number of amides is 1. The molecule has 0 atom stereocenters. The van der Waals surface area contributed by atoms with Crippen LogP contribution in [0.5, 0.6) is 0 Å². The van der Waals surface area contributed by atoms with E-state index in [0.717, 1.165) is 16.4 Å². The topological polar surface area (TPSA) is 66.5 Å². The summed E-state index contributed by atoms with van der Waals surface area (Å²) in [6.07, 6.45) is -4.24. The highest BCUT2D eigenvalue weighted by molar-refractivity contribution is 7.93. The first-order valence-corrected chi connectivity index (χ1v) is 9.86. The van der Waals surface area contributed by atoms with E-state index in [1.165, 1.54) is 30.3 Å². The van der Waals surface area contributed by atoms with Gasteiger partial charge in [-0.2, -0.15) is 13.2 Å². The summed E-state index contributed by atoms with van der Waals surface area (Å²) < 4.78 is 64.5. The number of hydrogen-bond donors (Lipinski definition) is 1. The van der Waals surface area contributed by atoms with Crippen molar-refractivity contribution in [1.82, 2.24) is 0 Å². The molecule has 1 heterocycles. The molecular weight excluding hydrogens is 405 g/mol.